The number of carbonyl (C=O) groups excluding carboxylic acids is 4. The van der Waals surface area contributed by atoms with Crippen molar-refractivity contribution in [3.8, 4) is 0 Å². The van der Waals surface area contributed by atoms with E-state index in [2.05, 4.69) is 48.5 Å². The van der Waals surface area contributed by atoms with E-state index in [-0.39, 0.29) is 25.7 Å². The van der Waals surface area contributed by atoms with Gasteiger partial charge in [-0.25, -0.2) is 9.13 Å². The number of phosphoric ester groups is 2. The summed E-state index contributed by atoms with van der Waals surface area (Å²) in [5, 5.41) is 10.7. The van der Waals surface area contributed by atoms with Gasteiger partial charge in [0.15, 0.2) is 12.2 Å². The molecule has 0 saturated carbocycles. The molecule has 0 radical (unpaired) electrons. The van der Waals surface area contributed by atoms with Gasteiger partial charge in [-0.2, -0.15) is 0 Å². The summed E-state index contributed by atoms with van der Waals surface area (Å²) in [7, 11) is -9.92. The molecule has 0 aliphatic rings. The van der Waals surface area contributed by atoms with Crippen LogP contribution >= 0.6 is 15.6 Å². The molecule has 2 unspecified atom stereocenters. The van der Waals surface area contributed by atoms with Crippen LogP contribution in [0.25, 0.3) is 0 Å². The standard InChI is InChI=1S/C84H164O17P2/c1-8-9-10-11-12-34-44-51-58-65-81(86)94-71-79(100-84(89)68-61-54-47-40-33-27-21-24-30-37-43-50-57-64-77(6)7)73-98-102(90,91)96-69-78(85)70-97-103(92,93)99-74-80(101-83(88)67-60-53-46-39-32-26-20-16-14-18-23-29-36-42-49-56-63-76(4)5)72-95-82(87)66-59-52-45-38-31-25-19-15-13-17-22-28-35-41-48-55-62-75(2)3/h75-80,85H,8-74H2,1-7H3,(H,90,91)(H,92,93)/t78-,79+,80+/m0/s1. The van der Waals surface area contributed by atoms with E-state index in [9.17, 15) is 43.2 Å². The van der Waals surface area contributed by atoms with Gasteiger partial charge in [-0.05, 0) is 43.4 Å². The molecule has 0 aromatic heterocycles. The molecular formula is C84H164O17P2. The second-order valence-corrected chi connectivity index (χ2v) is 34.6. The number of hydrogen-bond acceptors (Lipinski definition) is 15. The van der Waals surface area contributed by atoms with Crippen molar-refractivity contribution in [1.29, 1.82) is 0 Å². The second kappa shape index (κ2) is 74.2. The van der Waals surface area contributed by atoms with Crippen LogP contribution in [0.5, 0.6) is 0 Å². The Morgan fingerprint density at radius 3 is 0.660 bits per heavy atom. The summed E-state index contributed by atoms with van der Waals surface area (Å²) < 4.78 is 68.8. The summed E-state index contributed by atoms with van der Waals surface area (Å²) in [4.78, 5) is 73.1. The fourth-order valence-corrected chi connectivity index (χ4v) is 14.6. The molecule has 0 saturated heterocycles. The highest BCUT2D eigenvalue weighted by molar-refractivity contribution is 7.47. The third-order valence-electron chi connectivity index (χ3n) is 19.6. The smallest absolute Gasteiger partial charge is 0.462 e. The predicted molar refractivity (Wildman–Crippen MR) is 423 cm³/mol. The van der Waals surface area contributed by atoms with Crippen molar-refractivity contribution in [3.63, 3.8) is 0 Å². The van der Waals surface area contributed by atoms with Gasteiger partial charge >= 0.3 is 39.5 Å². The minimum Gasteiger partial charge on any atom is -0.462 e. The topological polar surface area (TPSA) is 237 Å². The first-order chi connectivity index (χ1) is 49.7. The minimum atomic E-state index is -4.96. The zero-order valence-corrected chi connectivity index (χ0v) is 69.6. The number of rotatable bonds is 82. The Morgan fingerprint density at radius 2 is 0.447 bits per heavy atom. The minimum absolute atomic E-state index is 0.107. The van der Waals surface area contributed by atoms with Crippen LogP contribution in [0, 0.1) is 17.8 Å². The predicted octanol–water partition coefficient (Wildman–Crippen LogP) is 25.3. The quantitative estimate of drug-likeness (QED) is 0.0222. The molecule has 0 rings (SSSR count). The normalized spacial score (nSPS) is 13.9. The molecule has 0 aliphatic heterocycles. The lowest BCUT2D eigenvalue weighted by atomic mass is 10.0. The van der Waals surface area contributed by atoms with Crippen molar-refractivity contribution < 1.29 is 80.2 Å². The van der Waals surface area contributed by atoms with Gasteiger partial charge in [-0.3, -0.25) is 37.3 Å². The molecule has 0 heterocycles. The highest BCUT2D eigenvalue weighted by Crippen LogP contribution is 2.45. The average molecular weight is 1510 g/mol. The van der Waals surface area contributed by atoms with Crippen LogP contribution in [-0.4, -0.2) is 96.7 Å². The van der Waals surface area contributed by atoms with Gasteiger partial charge in [0.25, 0.3) is 0 Å². The van der Waals surface area contributed by atoms with E-state index in [1.807, 2.05) is 0 Å². The maximum atomic E-state index is 13.1. The molecule has 17 nitrogen and oxygen atoms in total. The summed E-state index contributed by atoms with van der Waals surface area (Å²) in [5.41, 5.74) is 0. The van der Waals surface area contributed by atoms with Crippen molar-refractivity contribution in [2.45, 2.75) is 458 Å². The summed E-state index contributed by atoms with van der Waals surface area (Å²) in [5.74, 6) is 0.301. The van der Waals surface area contributed by atoms with E-state index in [1.54, 1.807) is 0 Å². The highest BCUT2D eigenvalue weighted by atomic mass is 31.2. The molecule has 19 heteroatoms. The SMILES string of the molecule is CCCCCCCCCCCC(=O)OC[C@H](COP(=O)(O)OC[C@H](O)COP(=O)(O)OC[C@@H](COC(=O)CCCCCCCCCCCCCCCCCCC(C)C)OC(=O)CCCCCCCCCCCCCCCCCCC(C)C)OC(=O)CCCCCCCCCCCCCCCC(C)C. The van der Waals surface area contributed by atoms with Gasteiger partial charge in [0.2, 0.25) is 0 Å². The Labute approximate surface area is 632 Å². The lowest BCUT2D eigenvalue weighted by Crippen LogP contribution is -2.30. The Morgan fingerprint density at radius 1 is 0.262 bits per heavy atom. The van der Waals surface area contributed by atoms with Gasteiger partial charge in [-0.1, -0.05) is 389 Å². The van der Waals surface area contributed by atoms with Crippen LogP contribution in [-0.2, 0) is 65.4 Å². The first-order valence-corrected chi connectivity index (χ1v) is 46.3. The highest BCUT2D eigenvalue weighted by Gasteiger charge is 2.30. The first kappa shape index (κ1) is 101. The molecule has 103 heavy (non-hydrogen) atoms. The van der Waals surface area contributed by atoms with Gasteiger partial charge in [0.1, 0.15) is 19.3 Å². The monoisotopic (exact) mass is 1510 g/mol. The molecule has 0 spiro atoms. The van der Waals surface area contributed by atoms with Gasteiger partial charge in [-0.15, -0.1) is 0 Å². The number of carbonyl (C=O) groups is 4. The van der Waals surface area contributed by atoms with Crippen LogP contribution in [0.3, 0.4) is 0 Å². The maximum Gasteiger partial charge on any atom is 0.472 e. The number of phosphoric acid groups is 2. The van der Waals surface area contributed by atoms with E-state index in [0.717, 1.165) is 108 Å². The molecule has 0 aromatic carbocycles. The van der Waals surface area contributed by atoms with Crippen molar-refractivity contribution >= 4 is 39.5 Å². The lowest BCUT2D eigenvalue weighted by Gasteiger charge is -2.21. The molecule has 0 aliphatic carbocycles. The van der Waals surface area contributed by atoms with Crippen LogP contribution in [0.1, 0.15) is 440 Å². The van der Waals surface area contributed by atoms with E-state index >= 15 is 0 Å². The second-order valence-electron chi connectivity index (χ2n) is 31.6. The van der Waals surface area contributed by atoms with Gasteiger partial charge in [0, 0.05) is 25.7 Å². The lowest BCUT2D eigenvalue weighted by molar-refractivity contribution is -0.161. The number of aliphatic hydroxyl groups is 1. The molecule has 0 amide bonds. The van der Waals surface area contributed by atoms with Crippen LogP contribution < -0.4 is 0 Å². The van der Waals surface area contributed by atoms with Crippen molar-refractivity contribution in [3.05, 3.63) is 0 Å². The summed E-state index contributed by atoms with van der Waals surface area (Å²) in [6.45, 7) is 12.0. The molecule has 0 bridgehead atoms. The van der Waals surface area contributed by atoms with Crippen LogP contribution in [0.4, 0.5) is 0 Å². The third-order valence-corrected chi connectivity index (χ3v) is 21.5. The largest absolute Gasteiger partial charge is 0.472 e. The number of unbranched alkanes of at least 4 members (excludes halogenated alkanes) is 50. The molecule has 0 fully saturated rings. The van der Waals surface area contributed by atoms with E-state index in [4.69, 9.17) is 37.0 Å². The van der Waals surface area contributed by atoms with Gasteiger partial charge < -0.3 is 33.8 Å². The fraction of sp³-hybridized carbons (Fsp3) is 0.952. The zero-order chi connectivity index (χ0) is 75.8. The van der Waals surface area contributed by atoms with Crippen molar-refractivity contribution in [2.24, 2.45) is 17.8 Å². The van der Waals surface area contributed by atoms with Crippen LogP contribution in [0.2, 0.25) is 0 Å². The van der Waals surface area contributed by atoms with E-state index < -0.39 is 97.5 Å². The average Bonchev–Trinajstić information content (AvgIpc) is 0.917. The molecule has 612 valence electrons. The first-order valence-electron chi connectivity index (χ1n) is 43.3. The molecular weight excluding hydrogens is 1340 g/mol. The third kappa shape index (κ3) is 78.0. The number of esters is 4. The van der Waals surface area contributed by atoms with Gasteiger partial charge in [0.05, 0.1) is 26.4 Å². The summed E-state index contributed by atoms with van der Waals surface area (Å²) >= 11 is 0. The maximum absolute atomic E-state index is 13.1. The fourth-order valence-electron chi connectivity index (χ4n) is 13.0. The number of hydrogen-bond donors (Lipinski definition) is 3. The Balaban J connectivity index is 5.22. The Bertz CT molecular complexity index is 1990. The molecule has 0 aromatic rings. The van der Waals surface area contributed by atoms with E-state index in [1.165, 1.54) is 250 Å². The van der Waals surface area contributed by atoms with Crippen molar-refractivity contribution in [1.82, 2.24) is 0 Å². The molecule has 5 atom stereocenters. The molecule has 3 N–H and O–H groups in total. The Kier molecular flexibility index (Phi) is 72.8. The zero-order valence-electron chi connectivity index (χ0n) is 67.8. The van der Waals surface area contributed by atoms with Crippen molar-refractivity contribution in [2.75, 3.05) is 39.6 Å². The summed E-state index contributed by atoms with van der Waals surface area (Å²) in [6.07, 6.45) is 63.8. The van der Waals surface area contributed by atoms with Crippen LogP contribution in [0.15, 0.2) is 0 Å². The summed E-state index contributed by atoms with van der Waals surface area (Å²) in [6, 6.07) is 0. The number of ether oxygens (including phenoxy) is 4. The Hall–Kier alpha value is -1.94. The van der Waals surface area contributed by atoms with E-state index in [0.29, 0.717) is 25.7 Å². The number of aliphatic hydroxyl groups excluding tert-OH is 1.